The van der Waals surface area contributed by atoms with Gasteiger partial charge in [0.2, 0.25) is 0 Å². The van der Waals surface area contributed by atoms with Crippen molar-refractivity contribution in [2.24, 2.45) is 0 Å². The summed E-state index contributed by atoms with van der Waals surface area (Å²) in [7, 11) is 0. The van der Waals surface area contributed by atoms with Gasteiger partial charge in [0.25, 0.3) is 0 Å². The van der Waals surface area contributed by atoms with Crippen LogP contribution in [-0.4, -0.2) is 6.61 Å². The minimum Gasteiger partial charge on any atom is -0.493 e. The maximum Gasteiger partial charge on any atom is 0.125 e. The van der Waals surface area contributed by atoms with Crippen molar-refractivity contribution in [3.05, 3.63) is 27.2 Å². The molecule has 0 radical (unpaired) electrons. The minimum absolute atomic E-state index is 0.870. The zero-order valence-corrected chi connectivity index (χ0v) is 9.57. The number of ether oxygens (including phenoxy) is 1. The molecule has 0 bridgehead atoms. The normalized spacial score (nSPS) is 15.0. The molecule has 0 atom stereocenters. The zero-order valence-electron chi connectivity index (χ0n) is 7.98. The van der Waals surface area contributed by atoms with Crippen molar-refractivity contribution < 1.29 is 4.74 Å². The van der Waals surface area contributed by atoms with Crippen LogP contribution in [0.25, 0.3) is 0 Å². The predicted molar refractivity (Wildman–Crippen MR) is 57.4 cm³/mol. The first kappa shape index (κ1) is 9.07. The van der Waals surface area contributed by atoms with E-state index in [1.807, 2.05) is 0 Å². The monoisotopic (exact) mass is 240 g/mol. The predicted octanol–water partition coefficient (Wildman–Crippen LogP) is 3.39. The fourth-order valence-corrected chi connectivity index (χ4v) is 2.31. The van der Waals surface area contributed by atoms with Gasteiger partial charge in [0.15, 0.2) is 0 Å². The third kappa shape index (κ3) is 1.48. The second kappa shape index (κ2) is 3.33. The van der Waals surface area contributed by atoms with Gasteiger partial charge in [-0.1, -0.05) is 15.9 Å². The molecule has 0 aromatic heterocycles. The minimum atomic E-state index is 0.870. The van der Waals surface area contributed by atoms with Crippen LogP contribution in [0.15, 0.2) is 10.5 Å². The molecule has 13 heavy (non-hydrogen) atoms. The molecule has 0 fully saturated rings. The summed E-state index contributed by atoms with van der Waals surface area (Å²) in [6.45, 7) is 5.12. The van der Waals surface area contributed by atoms with E-state index >= 15 is 0 Å². The van der Waals surface area contributed by atoms with Gasteiger partial charge in [-0.2, -0.15) is 0 Å². The van der Waals surface area contributed by atoms with Crippen molar-refractivity contribution in [1.82, 2.24) is 0 Å². The number of rotatable bonds is 0. The molecular formula is C11H13BrO. The van der Waals surface area contributed by atoms with Crippen molar-refractivity contribution in [2.75, 3.05) is 6.61 Å². The highest BCUT2D eigenvalue weighted by molar-refractivity contribution is 9.10. The molecule has 1 heterocycles. The van der Waals surface area contributed by atoms with Gasteiger partial charge in [-0.3, -0.25) is 0 Å². The van der Waals surface area contributed by atoms with E-state index < -0.39 is 0 Å². The third-order valence-corrected chi connectivity index (χ3v) is 3.51. The van der Waals surface area contributed by atoms with E-state index in [0.717, 1.165) is 25.2 Å². The Kier molecular flexibility index (Phi) is 2.33. The van der Waals surface area contributed by atoms with Gasteiger partial charge in [0.05, 0.1) is 6.61 Å². The third-order valence-electron chi connectivity index (χ3n) is 2.69. The molecule has 0 amide bonds. The summed E-state index contributed by atoms with van der Waals surface area (Å²) in [5.74, 6) is 1.12. The Labute approximate surface area is 87.2 Å². The molecule has 1 aromatic rings. The van der Waals surface area contributed by atoms with Crippen molar-refractivity contribution in [3.8, 4) is 5.75 Å². The molecule has 0 saturated heterocycles. The van der Waals surface area contributed by atoms with Crippen LogP contribution in [0.4, 0.5) is 0 Å². The van der Waals surface area contributed by atoms with E-state index in [9.17, 15) is 0 Å². The largest absolute Gasteiger partial charge is 0.493 e. The summed E-state index contributed by atoms with van der Waals surface area (Å²) in [5, 5.41) is 0. The molecule has 1 aromatic carbocycles. The molecular weight excluding hydrogens is 228 g/mol. The SMILES string of the molecule is Cc1c(Br)cc2c(c1C)OCCC2. The van der Waals surface area contributed by atoms with Gasteiger partial charge in [0.1, 0.15) is 5.75 Å². The van der Waals surface area contributed by atoms with Crippen molar-refractivity contribution in [3.63, 3.8) is 0 Å². The number of halogens is 1. The van der Waals surface area contributed by atoms with Gasteiger partial charge in [0, 0.05) is 4.47 Å². The Bertz CT molecular complexity index is 344. The summed E-state index contributed by atoms with van der Waals surface area (Å²) in [5.41, 5.74) is 3.92. The first-order valence-corrected chi connectivity index (χ1v) is 5.41. The van der Waals surface area contributed by atoms with E-state index in [1.54, 1.807) is 0 Å². The van der Waals surface area contributed by atoms with Crippen LogP contribution in [0.5, 0.6) is 5.75 Å². The van der Waals surface area contributed by atoms with Crippen molar-refractivity contribution >= 4 is 15.9 Å². The zero-order chi connectivity index (χ0) is 9.42. The average Bonchev–Trinajstić information content (AvgIpc) is 2.15. The molecule has 2 rings (SSSR count). The maximum atomic E-state index is 5.67. The molecule has 1 aliphatic rings. The van der Waals surface area contributed by atoms with Gasteiger partial charge in [-0.15, -0.1) is 0 Å². The lowest BCUT2D eigenvalue weighted by Crippen LogP contribution is -2.10. The summed E-state index contributed by atoms with van der Waals surface area (Å²) in [4.78, 5) is 0. The topological polar surface area (TPSA) is 9.23 Å². The van der Waals surface area contributed by atoms with Crippen LogP contribution in [0.3, 0.4) is 0 Å². The van der Waals surface area contributed by atoms with Gasteiger partial charge >= 0.3 is 0 Å². The maximum absolute atomic E-state index is 5.67. The molecule has 1 nitrogen and oxygen atoms in total. The van der Waals surface area contributed by atoms with E-state index in [1.165, 1.54) is 21.2 Å². The summed E-state index contributed by atoms with van der Waals surface area (Å²) < 4.78 is 6.87. The number of hydrogen-bond acceptors (Lipinski definition) is 1. The van der Waals surface area contributed by atoms with Crippen LogP contribution in [0, 0.1) is 13.8 Å². The van der Waals surface area contributed by atoms with Crippen LogP contribution in [0.1, 0.15) is 23.1 Å². The number of benzene rings is 1. The van der Waals surface area contributed by atoms with E-state index in [0.29, 0.717) is 0 Å². The Morgan fingerprint density at radius 3 is 2.85 bits per heavy atom. The molecule has 0 N–H and O–H groups in total. The first-order chi connectivity index (χ1) is 6.20. The smallest absolute Gasteiger partial charge is 0.125 e. The second-order valence-electron chi connectivity index (χ2n) is 3.55. The quantitative estimate of drug-likeness (QED) is 0.676. The van der Waals surface area contributed by atoms with Crippen LogP contribution >= 0.6 is 15.9 Å². The lowest BCUT2D eigenvalue weighted by molar-refractivity contribution is 0.286. The van der Waals surface area contributed by atoms with E-state index in [4.69, 9.17) is 4.74 Å². The van der Waals surface area contributed by atoms with Gasteiger partial charge in [-0.05, 0) is 49.4 Å². The molecule has 70 valence electrons. The average molecular weight is 241 g/mol. The second-order valence-corrected chi connectivity index (χ2v) is 4.40. The number of aryl methyl sites for hydroxylation is 1. The molecule has 2 heteroatoms. The lowest BCUT2D eigenvalue weighted by atomic mass is 9.99. The highest BCUT2D eigenvalue weighted by Gasteiger charge is 2.15. The van der Waals surface area contributed by atoms with Crippen molar-refractivity contribution in [1.29, 1.82) is 0 Å². The van der Waals surface area contributed by atoms with Crippen molar-refractivity contribution in [2.45, 2.75) is 26.7 Å². The standard InChI is InChI=1S/C11H13BrO/c1-7-8(2)11-9(6-10(7)12)4-3-5-13-11/h6H,3-5H2,1-2H3. The van der Waals surface area contributed by atoms with Crippen LogP contribution in [-0.2, 0) is 6.42 Å². The molecule has 1 aliphatic heterocycles. The summed E-state index contributed by atoms with van der Waals surface area (Å²) in [6.07, 6.45) is 2.29. The lowest BCUT2D eigenvalue weighted by Gasteiger charge is -2.21. The number of fused-ring (bicyclic) bond motifs is 1. The summed E-state index contributed by atoms with van der Waals surface area (Å²) in [6, 6.07) is 2.19. The summed E-state index contributed by atoms with van der Waals surface area (Å²) >= 11 is 3.57. The Balaban J connectivity index is 2.60. The van der Waals surface area contributed by atoms with Gasteiger partial charge in [-0.25, -0.2) is 0 Å². The van der Waals surface area contributed by atoms with E-state index in [2.05, 4.69) is 35.8 Å². The Morgan fingerprint density at radius 2 is 2.08 bits per heavy atom. The fourth-order valence-electron chi connectivity index (χ4n) is 1.74. The van der Waals surface area contributed by atoms with Crippen LogP contribution in [0.2, 0.25) is 0 Å². The highest BCUT2D eigenvalue weighted by Crippen LogP contribution is 2.34. The molecule has 0 spiro atoms. The molecule has 0 saturated carbocycles. The fraction of sp³-hybridized carbons (Fsp3) is 0.455. The Hall–Kier alpha value is -0.500. The highest BCUT2D eigenvalue weighted by atomic mass is 79.9. The molecule has 0 unspecified atom stereocenters. The van der Waals surface area contributed by atoms with E-state index in [-0.39, 0.29) is 0 Å². The first-order valence-electron chi connectivity index (χ1n) is 4.61. The molecule has 0 aliphatic carbocycles. The van der Waals surface area contributed by atoms with Gasteiger partial charge < -0.3 is 4.74 Å². The Morgan fingerprint density at radius 1 is 1.31 bits per heavy atom. The number of hydrogen-bond donors (Lipinski definition) is 0. The van der Waals surface area contributed by atoms with Crippen LogP contribution < -0.4 is 4.74 Å².